The van der Waals surface area contributed by atoms with Crippen LogP contribution in [0.1, 0.15) is 46.5 Å². The van der Waals surface area contributed by atoms with Crippen LogP contribution in [-0.2, 0) is 4.79 Å². The molecule has 1 atom stereocenters. The Balaban J connectivity index is 2.29. The fourth-order valence-corrected chi connectivity index (χ4v) is 2.40. The van der Waals surface area contributed by atoms with Crippen LogP contribution >= 0.6 is 0 Å². The van der Waals surface area contributed by atoms with E-state index in [1.807, 2.05) is 20.8 Å². The molecular weight excluding hydrogens is 230 g/mol. The van der Waals surface area contributed by atoms with Gasteiger partial charge >= 0.3 is 5.97 Å². The Morgan fingerprint density at radius 1 is 1.39 bits per heavy atom. The zero-order chi connectivity index (χ0) is 13.8. The molecule has 1 heterocycles. The smallest absolute Gasteiger partial charge is 0.303 e. The predicted molar refractivity (Wildman–Crippen MR) is 71.5 cm³/mol. The molecule has 0 saturated carbocycles. The molecule has 0 amide bonds. The van der Waals surface area contributed by atoms with Crippen molar-refractivity contribution < 1.29 is 15.0 Å². The number of aliphatic carboxylic acids is 1. The highest BCUT2D eigenvalue weighted by Gasteiger charge is 2.29. The minimum absolute atomic E-state index is 0.252. The lowest BCUT2D eigenvalue weighted by molar-refractivity contribution is -0.137. The lowest BCUT2D eigenvalue weighted by atomic mass is 9.88. The predicted octanol–water partition coefficient (Wildman–Crippen LogP) is 1.97. The maximum absolute atomic E-state index is 10.5. The summed E-state index contributed by atoms with van der Waals surface area (Å²) in [4.78, 5) is 12.8. The summed E-state index contributed by atoms with van der Waals surface area (Å²) in [6.07, 6.45) is 3.20. The number of hydrogen-bond donors (Lipinski definition) is 2. The molecule has 0 aliphatic carbocycles. The van der Waals surface area contributed by atoms with Gasteiger partial charge in [0.2, 0.25) is 0 Å². The first-order valence-electron chi connectivity index (χ1n) is 6.98. The number of carboxylic acid groups (broad SMARTS) is 1. The van der Waals surface area contributed by atoms with E-state index < -0.39 is 11.6 Å². The summed E-state index contributed by atoms with van der Waals surface area (Å²) >= 11 is 0. The van der Waals surface area contributed by atoms with Crippen molar-refractivity contribution in [1.29, 1.82) is 0 Å². The van der Waals surface area contributed by atoms with Gasteiger partial charge in [0, 0.05) is 13.0 Å². The van der Waals surface area contributed by atoms with Crippen LogP contribution in [0.25, 0.3) is 0 Å². The highest BCUT2D eigenvalue weighted by atomic mass is 16.4. The van der Waals surface area contributed by atoms with Crippen molar-refractivity contribution in [2.45, 2.75) is 52.1 Å². The van der Waals surface area contributed by atoms with Crippen LogP contribution in [0.4, 0.5) is 0 Å². The highest BCUT2D eigenvalue weighted by molar-refractivity contribution is 5.66. The maximum atomic E-state index is 10.5. The Morgan fingerprint density at radius 2 is 1.94 bits per heavy atom. The third-order valence-electron chi connectivity index (χ3n) is 4.26. The fraction of sp³-hybridized carbons (Fsp3) is 0.929. The Kier molecular flexibility index (Phi) is 5.60. The van der Waals surface area contributed by atoms with Crippen molar-refractivity contribution in [2.75, 3.05) is 19.6 Å². The lowest BCUT2D eigenvalue weighted by Crippen LogP contribution is -2.47. The second-order valence-corrected chi connectivity index (χ2v) is 6.16. The van der Waals surface area contributed by atoms with E-state index >= 15 is 0 Å². The minimum Gasteiger partial charge on any atom is -0.481 e. The third kappa shape index (κ3) is 4.94. The number of rotatable bonds is 6. The van der Waals surface area contributed by atoms with Gasteiger partial charge in [0.15, 0.2) is 0 Å². The molecule has 1 aliphatic rings. The van der Waals surface area contributed by atoms with E-state index in [1.54, 1.807) is 0 Å². The third-order valence-corrected chi connectivity index (χ3v) is 4.26. The molecule has 0 spiro atoms. The fourth-order valence-electron chi connectivity index (χ4n) is 2.40. The largest absolute Gasteiger partial charge is 0.481 e. The Labute approximate surface area is 110 Å². The van der Waals surface area contributed by atoms with Crippen LogP contribution in [-0.4, -0.2) is 46.3 Å². The zero-order valence-corrected chi connectivity index (χ0v) is 11.9. The van der Waals surface area contributed by atoms with Gasteiger partial charge in [-0.1, -0.05) is 13.8 Å². The molecular formula is C14H27NO3. The molecule has 1 rings (SSSR count). The van der Waals surface area contributed by atoms with Gasteiger partial charge in [0.1, 0.15) is 0 Å². The average molecular weight is 257 g/mol. The van der Waals surface area contributed by atoms with E-state index in [0.29, 0.717) is 5.92 Å². The topological polar surface area (TPSA) is 60.8 Å². The molecule has 0 bridgehead atoms. The summed E-state index contributed by atoms with van der Waals surface area (Å²) in [6, 6.07) is 0. The minimum atomic E-state index is -0.694. The first-order chi connectivity index (χ1) is 8.31. The molecule has 0 radical (unpaired) electrons. The molecule has 0 aromatic carbocycles. The Bertz CT molecular complexity index is 268. The quantitative estimate of drug-likeness (QED) is 0.763. The maximum Gasteiger partial charge on any atom is 0.303 e. The van der Waals surface area contributed by atoms with Crippen LogP contribution < -0.4 is 0 Å². The molecule has 0 aromatic heterocycles. The number of carboxylic acids is 1. The van der Waals surface area contributed by atoms with E-state index in [0.717, 1.165) is 38.9 Å². The molecule has 106 valence electrons. The van der Waals surface area contributed by atoms with Gasteiger partial charge in [-0.15, -0.1) is 0 Å². The van der Waals surface area contributed by atoms with Crippen molar-refractivity contribution in [3.63, 3.8) is 0 Å². The molecule has 1 fully saturated rings. The number of nitrogens with zero attached hydrogens (tertiary/aromatic N) is 1. The number of β-amino-alcohol motifs (C(OH)–C–C–N with tert-alkyl or cyclic N) is 1. The summed E-state index contributed by atoms with van der Waals surface area (Å²) in [6.45, 7) is 8.66. The van der Waals surface area contributed by atoms with Gasteiger partial charge in [-0.05, 0) is 51.1 Å². The summed E-state index contributed by atoms with van der Waals surface area (Å²) in [7, 11) is 0. The highest BCUT2D eigenvalue weighted by Crippen LogP contribution is 2.25. The van der Waals surface area contributed by atoms with Crippen molar-refractivity contribution in [2.24, 2.45) is 11.8 Å². The average Bonchev–Trinajstić information content (AvgIpc) is 2.27. The Morgan fingerprint density at radius 3 is 2.39 bits per heavy atom. The summed E-state index contributed by atoms with van der Waals surface area (Å²) in [5.41, 5.74) is -0.631. The number of aliphatic hydroxyl groups is 1. The standard InChI is InChI=1S/C14H27NO3/c1-11(2)14(3,18)10-15-8-6-12(7-9-15)4-5-13(16)17/h11-12,18H,4-10H2,1-3H3,(H,16,17). The van der Waals surface area contributed by atoms with Crippen LogP contribution in [0, 0.1) is 11.8 Å². The number of likely N-dealkylation sites (tertiary alicyclic amines) is 1. The van der Waals surface area contributed by atoms with Crippen molar-refractivity contribution >= 4 is 5.97 Å². The van der Waals surface area contributed by atoms with E-state index in [2.05, 4.69) is 4.90 Å². The van der Waals surface area contributed by atoms with Gasteiger partial charge in [-0.25, -0.2) is 0 Å². The number of hydrogen-bond acceptors (Lipinski definition) is 3. The zero-order valence-electron chi connectivity index (χ0n) is 11.9. The van der Waals surface area contributed by atoms with Gasteiger partial charge in [-0.2, -0.15) is 0 Å². The molecule has 4 heteroatoms. The van der Waals surface area contributed by atoms with Crippen LogP contribution in [0.2, 0.25) is 0 Å². The number of piperidine rings is 1. The van der Waals surface area contributed by atoms with Gasteiger partial charge in [0.25, 0.3) is 0 Å². The second kappa shape index (κ2) is 6.53. The molecule has 1 aliphatic heterocycles. The number of carbonyl (C=O) groups is 1. The van der Waals surface area contributed by atoms with Crippen molar-refractivity contribution in [1.82, 2.24) is 4.90 Å². The molecule has 1 saturated heterocycles. The van der Waals surface area contributed by atoms with Crippen molar-refractivity contribution in [3.05, 3.63) is 0 Å². The first kappa shape index (κ1) is 15.4. The van der Waals surface area contributed by atoms with Gasteiger partial charge in [-0.3, -0.25) is 4.79 Å². The van der Waals surface area contributed by atoms with Gasteiger partial charge in [0.05, 0.1) is 5.60 Å². The summed E-state index contributed by atoms with van der Waals surface area (Å²) < 4.78 is 0. The molecule has 0 aromatic rings. The summed E-state index contributed by atoms with van der Waals surface area (Å²) in [5, 5.41) is 18.9. The Hall–Kier alpha value is -0.610. The molecule has 2 N–H and O–H groups in total. The lowest BCUT2D eigenvalue weighted by Gasteiger charge is -2.38. The monoisotopic (exact) mass is 257 g/mol. The van der Waals surface area contributed by atoms with E-state index in [4.69, 9.17) is 5.11 Å². The molecule has 18 heavy (non-hydrogen) atoms. The van der Waals surface area contributed by atoms with E-state index in [-0.39, 0.29) is 12.3 Å². The molecule has 1 unspecified atom stereocenters. The van der Waals surface area contributed by atoms with Crippen LogP contribution in [0.15, 0.2) is 0 Å². The van der Waals surface area contributed by atoms with Crippen LogP contribution in [0.5, 0.6) is 0 Å². The SMILES string of the molecule is CC(C)C(C)(O)CN1CCC(CCC(=O)O)CC1. The van der Waals surface area contributed by atoms with Crippen LogP contribution in [0.3, 0.4) is 0 Å². The summed E-state index contributed by atoms with van der Waals surface area (Å²) in [5.74, 6) is 0.101. The van der Waals surface area contributed by atoms with E-state index in [1.165, 1.54) is 0 Å². The van der Waals surface area contributed by atoms with Gasteiger partial charge < -0.3 is 15.1 Å². The normalized spacial score (nSPS) is 22.1. The second-order valence-electron chi connectivity index (χ2n) is 6.16. The molecule has 4 nitrogen and oxygen atoms in total. The van der Waals surface area contributed by atoms with Crippen molar-refractivity contribution in [3.8, 4) is 0 Å². The first-order valence-corrected chi connectivity index (χ1v) is 6.98. The van der Waals surface area contributed by atoms with E-state index in [9.17, 15) is 9.90 Å².